The second-order valence-corrected chi connectivity index (χ2v) is 10.4. The molecule has 0 unspecified atom stereocenters. The quantitative estimate of drug-likeness (QED) is 0.403. The molecule has 3 aromatic carbocycles. The number of hydrogen-bond acceptors (Lipinski definition) is 5. The van der Waals surface area contributed by atoms with E-state index in [-0.39, 0.29) is 5.91 Å². The van der Waals surface area contributed by atoms with E-state index in [0.29, 0.717) is 26.1 Å². The Morgan fingerprint density at radius 1 is 1.03 bits per heavy atom. The Morgan fingerprint density at radius 2 is 1.81 bits per heavy atom. The van der Waals surface area contributed by atoms with Gasteiger partial charge < -0.3 is 19.9 Å². The van der Waals surface area contributed by atoms with E-state index in [9.17, 15) is 4.79 Å². The topological polar surface area (TPSA) is 48.1 Å². The number of methoxy groups -OCH3 is 1. The molecule has 0 radical (unpaired) electrons. The Kier molecular flexibility index (Phi) is 9.85. The molecule has 196 valence electrons. The fourth-order valence-corrected chi connectivity index (χ4v) is 5.16. The molecule has 0 saturated carbocycles. The van der Waals surface area contributed by atoms with Gasteiger partial charge in [0.05, 0.1) is 12.8 Å². The smallest absolute Gasteiger partial charge is 0.224 e. The number of nitrogens with one attached hydrogen (secondary N) is 1. The number of para-hydroxylation sites is 2. The van der Waals surface area contributed by atoms with Crippen LogP contribution in [0.15, 0.2) is 77.3 Å². The summed E-state index contributed by atoms with van der Waals surface area (Å²) in [5.41, 5.74) is 4.53. The minimum absolute atomic E-state index is 0.159. The molecule has 4 rings (SSSR count). The van der Waals surface area contributed by atoms with E-state index in [2.05, 4.69) is 79.6 Å². The summed E-state index contributed by atoms with van der Waals surface area (Å²) in [6.45, 7) is 5.50. The van der Waals surface area contributed by atoms with Crippen LogP contribution in [-0.4, -0.2) is 62.6 Å². The van der Waals surface area contributed by atoms with Crippen LogP contribution < -0.4 is 15.0 Å². The van der Waals surface area contributed by atoms with Gasteiger partial charge in [-0.15, -0.1) is 0 Å². The first-order valence-corrected chi connectivity index (χ1v) is 13.7. The van der Waals surface area contributed by atoms with Crippen molar-refractivity contribution in [2.45, 2.75) is 25.9 Å². The minimum atomic E-state index is 0.159. The largest absolute Gasteiger partial charge is 0.495 e. The first-order chi connectivity index (χ1) is 18.0. The molecular weight excluding hydrogens is 528 g/mol. The van der Waals surface area contributed by atoms with Crippen LogP contribution in [0.4, 0.5) is 11.4 Å². The Bertz CT molecular complexity index is 1160. The molecule has 1 N–H and O–H groups in total. The van der Waals surface area contributed by atoms with Crippen LogP contribution >= 0.6 is 15.9 Å². The lowest BCUT2D eigenvalue weighted by Crippen LogP contribution is -2.39. The van der Waals surface area contributed by atoms with Gasteiger partial charge in [-0.1, -0.05) is 58.4 Å². The highest BCUT2D eigenvalue weighted by Crippen LogP contribution is 2.27. The molecule has 0 aliphatic carbocycles. The predicted molar refractivity (Wildman–Crippen MR) is 155 cm³/mol. The summed E-state index contributed by atoms with van der Waals surface area (Å²) in [6, 6.07) is 24.8. The van der Waals surface area contributed by atoms with E-state index in [4.69, 9.17) is 4.74 Å². The van der Waals surface area contributed by atoms with Crippen molar-refractivity contribution in [3.8, 4) is 5.75 Å². The molecule has 37 heavy (non-hydrogen) atoms. The maximum absolute atomic E-state index is 13.6. The number of rotatable bonds is 7. The van der Waals surface area contributed by atoms with Crippen molar-refractivity contribution in [3.05, 3.63) is 88.4 Å². The average Bonchev–Trinajstić information content (AvgIpc) is 2.96. The van der Waals surface area contributed by atoms with Gasteiger partial charge in [-0.25, -0.2) is 0 Å². The van der Waals surface area contributed by atoms with E-state index < -0.39 is 0 Å². The maximum Gasteiger partial charge on any atom is 0.224 e. The summed E-state index contributed by atoms with van der Waals surface area (Å²) in [7, 11) is 3.69. The lowest BCUT2D eigenvalue weighted by atomic mass is 10.1. The van der Waals surface area contributed by atoms with Crippen molar-refractivity contribution in [3.63, 3.8) is 0 Å². The van der Waals surface area contributed by atoms with Crippen molar-refractivity contribution in [1.29, 1.82) is 0 Å². The zero-order chi connectivity index (χ0) is 26.0. The molecule has 1 aliphatic rings. The number of benzene rings is 3. The van der Waals surface area contributed by atoms with Crippen LogP contribution in [-0.2, 0) is 17.9 Å². The van der Waals surface area contributed by atoms with E-state index in [0.717, 1.165) is 59.8 Å². The second kappa shape index (κ2) is 13.5. The van der Waals surface area contributed by atoms with Crippen LogP contribution in [0, 0.1) is 0 Å². The zero-order valence-corrected chi connectivity index (χ0v) is 23.4. The van der Waals surface area contributed by atoms with Gasteiger partial charge >= 0.3 is 0 Å². The molecule has 6 nitrogen and oxygen atoms in total. The molecule has 0 atom stereocenters. The molecule has 1 amide bonds. The first kappa shape index (κ1) is 27.0. The minimum Gasteiger partial charge on any atom is -0.495 e. The summed E-state index contributed by atoms with van der Waals surface area (Å²) in [5, 5.41) is 3.61. The third-order valence-corrected chi connectivity index (χ3v) is 7.33. The molecule has 3 aromatic rings. The number of hydrogen-bond donors (Lipinski definition) is 1. The summed E-state index contributed by atoms with van der Waals surface area (Å²) < 4.78 is 6.54. The summed E-state index contributed by atoms with van der Waals surface area (Å²) in [5.74, 6) is 0.973. The van der Waals surface area contributed by atoms with E-state index >= 15 is 0 Å². The normalized spacial score (nSPS) is 14.7. The van der Waals surface area contributed by atoms with Gasteiger partial charge in [0.25, 0.3) is 0 Å². The Hall–Kier alpha value is -3.03. The SMILES string of the molecule is COc1ccccc1N(C)CCC(=O)N1CCN(Cc2ccccc2)CCCNc2ccc(Br)cc2C1. The number of halogens is 1. The molecule has 7 heteroatoms. The fourth-order valence-electron chi connectivity index (χ4n) is 4.75. The molecule has 0 aromatic heterocycles. The van der Waals surface area contributed by atoms with Crippen molar-refractivity contribution < 1.29 is 9.53 Å². The number of amides is 1. The average molecular weight is 566 g/mol. The van der Waals surface area contributed by atoms with Crippen LogP contribution in [0.1, 0.15) is 24.0 Å². The lowest BCUT2D eigenvalue weighted by molar-refractivity contribution is -0.131. The van der Waals surface area contributed by atoms with Crippen LogP contribution in [0.25, 0.3) is 0 Å². The number of carbonyl (C=O) groups excluding carboxylic acids is 1. The van der Waals surface area contributed by atoms with Gasteiger partial charge in [0, 0.05) is 69.4 Å². The fraction of sp³-hybridized carbons (Fsp3) is 0.367. The number of carbonyl (C=O) groups is 1. The standard InChI is InChI=1S/C30H37BrN4O2/c1-33(28-11-6-7-12-29(28)37-2)18-15-30(36)35-20-19-34(22-24-9-4-3-5-10-24)17-8-16-32-27-14-13-26(31)21-25(27)23-35/h3-7,9-14,21,32H,8,15-20,22-23H2,1-2H3. The van der Waals surface area contributed by atoms with Gasteiger partial charge in [-0.05, 0) is 47.9 Å². The van der Waals surface area contributed by atoms with Crippen molar-refractivity contribution in [2.75, 3.05) is 57.1 Å². The Labute approximate surface area is 229 Å². The number of nitrogens with zero attached hydrogens (tertiary/aromatic N) is 3. The molecule has 1 heterocycles. The predicted octanol–water partition coefficient (Wildman–Crippen LogP) is 5.63. The van der Waals surface area contributed by atoms with Gasteiger partial charge in [-0.3, -0.25) is 9.69 Å². The van der Waals surface area contributed by atoms with Gasteiger partial charge in [0.1, 0.15) is 5.75 Å². The third kappa shape index (κ3) is 7.73. The monoisotopic (exact) mass is 564 g/mol. The van der Waals surface area contributed by atoms with Crippen LogP contribution in [0.5, 0.6) is 5.75 Å². The van der Waals surface area contributed by atoms with Crippen LogP contribution in [0.3, 0.4) is 0 Å². The lowest BCUT2D eigenvalue weighted by Gasteiger charge is -2.29. The summed E-state index contributed by atoms with van der Waals surface area (Å²) >= 11 is 3.62. The highest BCUT2D eigenvalue weighted by atomic mass is 79.9. The molecular formula is C30H37BrN4O2. The highest BCUT2D eigenvalue weighted by molar-refractivity contribution is 9.10. The highest BCUT2D eigenvalue weighted by Gasteiger charge is 2.20. The summed E-state index contributed by atoms with van der Waals surface area (Å²) in [4.78, 5) is 20.2. The second-order valence-electron chi connectivity index (χ2n) is 9.50. The number of anilines is 2. The number of ether oxygens (including phenoxy) is 1. The molecule has 0 saturated heterocycles. The van der Waals surface area contributed by atoms with E-state index in [1.54, 1.807) is 7.11 Å². The molecule has 0 spiro atoms. The first-order valence-electron chi connectivity index (χ1n) is 12.9. The third-order valence-electron chi connectivity index (χ3n) is 6.84. The Balaban J connectivity index is 1.49. The van der Waals surface area contributed by atoms with Crippen molar-refractivity contribution in [2.24, 2.45) is 0 Å². The van der Waals surface area contributed by atoms with Crippen molar-refractivity contribution >= 4 is 33.2 Å². The van der Waals surface area contributed by atoms with E-state index in [1.807, 2.05) is 36.2 Å². The van der Waals surface area contributed by atoms with Gasteiger partial charge in [-0.2, -0.15) is 0 Å². The zero-order valence-electron chi connectivity index (χ0n) is 21.8. The molecule has 0 fully saturated rings. The van der Waals surface area contributed by atoms with Gasteiger partial charge in [0.15, 0.2) is 0 Å². The maximum atomic E-state index is 13.6. The molecule has 1 aliphatic heterocycles. The van der Waals surface area contributed by atoms with Crippen LogP contribution in [0.2, 0.25) is 0 Å². The summed E-state index contributed by atoms with van der Waals surface area (Å²) in [6.07, 6.45) is 1.48. The molecule has 0 bridgehead atoms. The van der Waals surface area contributed by atoms with Crippen molar-refractivity contribution in [1.82, 2.24) is 9.80 Å². The number of fused-ring (bicyclic) bond motifs is 1. The van der Waals surface area contributed by atoms with E-state index in [1.165, 1.54) is 5.56 Å². The van der Waals surface area contributed by atoms with Gasteiger partial charge in [0.2, 0.25) is 5.91 Å². The Morgan fingerprint density at radius 3 is 2.62 bits per heavy atom.